The second kappa shape index (κ2) is 11.3. The first-order valence-corrected chi connectivity index (χ1v) is 9.74. The molecule has 1 atom stereocenters. The molecule has 0 fully saturated rings. The van der Waals surface area contributed by atoms with Gasteiger partial charge in [-0.1, -0.05) is 69.4 Å². The Bertz CT molecular complexity index is 667. The molecule has 0 heterocycles. The standard InChI is InChI=1S/C23H31NO2/c1-3-4-5-6-7-11-16-26-22-15-14-21(23(25)17-22)18-24-19(2)20-12-9-8-10-13-20/h8-10,12-15,17-19,25H,3-7,11,16H2,1-2H3. The molecule has 0 radical (unpaired) electrons. The molecule has 0 aliphatic carbocycles. The van der Waals surface area contributed by atoms with Crippen molar-refractivity contribution >= 4 is 6.21 Å². The maximum Gasteiger partial charge on any atom is 0.128 e. The van der Waals surface area contributed by atoms with Crippen LogP contribution in [0.3, 0.4) is 0 Å². The SMILES string of the molecule is CCCCCCCCOc1ccc(C=NC(C)c2ccccc2)c(O)c1. The maximum absolute atomic E-state index is 10.2. The van der Waals surface area contributed by atoms with Crippen molar-refractivity contribution in [3.8, 4) is 11.5 Å². The van der Waals surface area contributed by atoms with Gasteiger partial charge in [0.25, 0.3) is 0 Å². The molecule has 2 rings (SSSR count). The van der Waals surface area contributed by atoms with Crippen LogP contribution < -0.4 is 4.74 Å². The van der Waals surface area contributed by atoms with E-state index >= 15 is 0 Å². The van der Waals surface area contributed by atoms with Crippen molar-refractivity contribution in [1.29, 1.82) is 0 Å². The van der Waals surface area contributed by atoms with Crippen LogP contribution in [0.15, 0.2) is 53.5 Å². The smallest absolute Gasteiger partial charge is 0.128 e. The van der Waals surface area contributed by atoms with Crippen LogP contribution in [0.25, 0.3) is 0 Å². The number of phenolic OH excluding ortho intramolecular Hbond substituents is 1. The summed E-state index contributed by atoms with van der Waals surface area (Å²) >= 11 is 0. The number of hydrogen-bond acceptors (Lipinski definition) is 3. The quantitative estimate of drug-likeness (QED) is 0.380. The number of nitrogens with zero attached hydrogens (tertiary/aromatic N) is 1. The molecule has 1 unspecified atom stereocenters. The fraction of sp³-hybridized carbons (Fsp3) is 0.435. The summed E-state index contributed by atoms with van der Waals surface area (Å²) in [6.45, 7) is 4.97. The molecule has 0 saturated carbocycles. The Balaban J connectivity index is 1.80. The van der Waals surface area contributed by atoms with Crippen molar-refractivity contribution < 1.29 is 9.84 Å². The van der Waals surface area contributed by atoms with Gasteiger partial charge in [-0.2, -0.15) is 0 Å². The predicted molar refractivity (Wildman–Crippen MR) is 109 cm³/mol. The van der Waals surface area contributed by atoms with E-state index in [1.807, 2.05) is 37.3 Å². The summed E-state index contributed by atoms with van der Waals surface area (Å²) in [5.41, 5.74) is 1.86. The Morgan fingerprint density at radius 3 is 2.46 bits per heavy atom. The highest BCUT2D eigenvalue weighted by atomic mass is 16.5. The molecule has 140 valence electrons. The van der Waals surface area contributed by atoms with Crippen LogP contribution in [0.1, 0.15) is 69.5 Å². The van der Waals surface area contributed by atoms with Gasteiger partial charge < -0.3 is 9.84 Å². The molecule has 0 aliphatic rings. The normalized spacial score (nSPS) is 12.4. The minimum absolute atomic E-state index is 0.0548. The van der Waals surface area contributed by atoms with Crippen molar-refractivity contribution in [1.82, 2.24) is 0 Å². The number of phenols is 1. The Morgan fingerprint density at radius 2 is 1.73 bits per heavy atom. The van der Waals surface area contributed by atoms with Gasteiger partial charge in [-0.25, -0.2) is 0 Å². The van der Waals surface area contributed by atoms with Crippen LogP contribution in [0.5, 0.6) is 11.5 Å². The van der Waals surface area contributed by atoms with E-state index in [0.29, 0.717) is 17.9 Å². The van der Waals surface area contributed by atoms with Crippen LogP contribution in [0.2, 0.25) is 0 Å². The number of aromatic hydroxyl groups is 1. The molecule has 0 spiro atoms. The van der Waals surface area contributed by atoms with Gasteiger partial charge in [-0.3, -0.25) is 4.99 Å². The molecule has 0 saturated heterocycles. The highest BCUT2D eigenvalue weighted by Crippen LogP contribution is 2.24. The molecule has 1 N–H and O–H groups in total. The summed E-state index contributed by atoms with van der Waals surface area (Å²) in [7, 11) is 0. The molecule has 0 amide bonds. The zero-order valence-electron chi connectivity index (χ0n) is 16.0. The average molecular weight is 354 g/mol. The van der Waals surface area contributed by atoms with Gasteiger partial charge in [0.1, 0.15) is 11.5 Å². The molecule has 2 aromatic carbocycles. The number of unbranched alkanes of at least 4 members (excludes halogenated alkanes) is 5. The predicted octanol–water partition coefficient (Wildman–Crippen LogP) is 6.31. The summed E-state index contributed by atoms with van der Waals surface area (Å²) in [4.78, 5) is 4.54. The maximum atomic E-state index is 10.2. The van der Waals surface area contributed by atoms with Crippen LogP contribution in [0.4, 0.5) is 0 Å². The van der Waals surface area contributed by atoms with Gasteiger partial charge in [0.15, 0.2) is 0 Å². The van der Waals surface area contributed by atoms with E-state index in [1.165, 1.54) is 32.1 Å². The fourth-order valence-electron chi connectivity index (χ4n) is 2.80. The Kier molecular flexibility index (Phi) is 8.74. The second-order valence-electron chi connectivity index (χ2n) is 6.70. The topological polar surface area (TPSA) is 41.8 Å². The minimum atomic E-state index is 0.0548. The fourth-order valence-corrected chi connectivity index (χ4v) is 2.80. The van der Waals surface area contributed by atoms with Gasteiger partial charge >= 0.3 is 0 Å². The summed E-state index contributed by atoms with van der Waals surface area (Å²) < 4.78 is 5.74. The van der Waals surface area contributed by atoms with Crippen molar-refractivity contribution in [3.63, 3.8) is 0 Å². The van der Waals surface area contributed by atoms with E-state index in [9.17, 15) is 5.11 Å². The lowest BCUT2D eigenvalue weighted by molar-refractivity contribution is 0.302. The van der Waals surface area contributed by atoms with Crippen LogP contribution in [-0.2, 0) is 0 Å². The van der Waals surface area contributed by atoms with Gasteiger partial charge in [0.05, 0.1) is 12.6 Å². The van der Waals surface area contributed by atoms with Gasteiger partial charge in [0.2, 0.25) is 0 Å². The third-order valence-corrected chi connectivity index (χ3v) is 4.49. The largest absolute Gasteiger partial charge is 0.507 e. The Hall–Kier alpha value is -2.29. The van der Waals surface area contributed by atoms with E-state index in [0.717, 1.165) is 12.0 Å². The summed E-state index contributed by atoms with van der Waals surface area (Å²) in [6.07, 6.45) is 9.17. The summed E-state index contributed by atoms with van der Waals surface area (Å²) in [5, 5.41) is 10.2. The second-order valence-corrected chi connectivity index (χ2v) is 6.70. The molecule has 0 aromatic heterocycles. The molecule has 26 heavy (non-hydrogen) atoms. The first-order valence-electron chi connectivity index (χ1n) is 9.74. The van der Waals surface area contributed by atoms with Crippen molar-refractivity contribution in [2.75, 3.05) is 6.61 Å². The molecule has 2 aromatic rings. The lowest BCUT2D eigenvalue weighted by Crippen LogP contribution is -1.98. The number of rotatable bonds is 11. The van der Waals surface area contributed by atoms with E-state index in [2.05, 4.69) is 24.0 Å². The number of hydrogen-bond donors (Lipinski definition) is 1. The van der Waals surface area contributed by atoms with Crippen LogP contribution >= 0.6 is 0 Å². The third-order valence-electron chi connectivity index (χ3n) is 4.49. The number of benzene rings is 2. The van der Waals surface area contributed by atoms with Crippen molar-refractivity contribution in [2.45, 2.75) is 58.4 Å². The van der Waals surface area contributed by atoms with Gasteiger partial charge in [0, 0.05) is 17.8 Å². The van der Waals surface area contributed by atoms with Gasteiger partial charge in [-0.15, -0.1) is 0 Å². The zero-order valence-corrected chi connectivity index (χ0v) is 16.0. The summed E-state index contributed by atoms with van der Waals surface area (Å²) in [5.74, 6) is 0.916. The Morgan fingerprint density at radius 1 is 1.00 bits per heavy atom. The third kappa shape index (κ3) is 6.91. The molecule has 3 heteroatoms. The lowest BCUT2D eigenvalue weighted by atomic mass is 10.1. The average Bonchev–Trinajstić information content (AvgIpc) is 2.67. The van der Waals surface area contributed by atoms with Crippen LogP contribution in [0, 0.1) is 0 Å². The molecular weight excluding hydrogens is 322 g/mol. The van der Waals surface area contributed by atoms with Gasteiger partial charge in [-0.05, 0) is 31.0 Å². The molecular formula is C23H31NO2. The zero-order chi connectivity index (χ0) is 18.6. The van der Waals surface area contributed by atoms with Crippen LogP contribution in [-0.4, -0.2) is 17.9 Å². The molecule has 3 nitrogen and oxygen atoms in total. The van der Waals surface area contributed by atoms with Crippen molar-refractivity contribution in [3.05, 3.63) is 59.7 Å². The number of ether oxygens (including phenoxy) is 1. The minimum Gasteiger partial charge on any atom is -0.507 e. The van der Waals surface area contributed by atoms with E-state index in [4.69, 9.17) is 4.74 Å². The van der Waals surface area contributed by atoms with Crippen molar-refractivity contribution in [2.24, 2.45) is 4.99 Å². The Labute approximate surface area is 157 Å². The molecule has 0 aliphatic heterocycles. The number of aliphatic imine (C=N–C) groups is 1. The monoisotopic (exact) mass is 353 g/mol. The van der Waals surface area contributed by atoms with E-state index in [-0.39, 0.29) is 11.8 Å². The first-order chi connectivity index (χ1) is 12.7. The van der Waals surface area contributed by atoms with E-state index < -0.39 is 0 Å². The highest BCUT2D eigenvalue weighted by molar-refractivity contribution is 5.83. The van der Waals surface area contributed by atoms with E-state index in [1.54, 1.807) is 12.3 Å². The highest BCUT2D eigenvalue weighted by Gasteiger charge is 2.04. The molecule has 0 bridgehead atoms. The lowest BCUT2D eigenvalue weighted by Gasteiger charge is -2.09. The first kappa shape index (κ1) is 20.0. The summed E-state index contributed by atoms with van der Waals surface area (Å²) in [6, 6.07) is 15.6.